The number of ether oxygens (including phenoxy) is 4. The van der Waals surface area contributed by atoms with Crippen molar-refractivity contribution in [2.45, 2.75) is 6.92 Å². The highest BCUT2D eigenvalue weighted by molar-refractivity contribution is 6.02. The maximum atomic E-state index is 12.2. The number of hydrogen-bond acceptors (Lipinski definition) is 6. The quantitative estimate of drug-likeness (QED) is 0.457. The zero-order valence-electron chi connectivity index (χ0n) is 15.6. The van der Waals surface area contributed by atoms with E-state index in [4.69, 9.17) is 18.9 Å². The Morgan fingerprint density at radius 1 is 0.926 bits per heavy atom. The van der Waals surface area contributed by atoms with Crippen LogP contribution >= 0.6 is 0 Å². The number of carbonyl (C=O) groups is 2. The molecule has 0 aliphatic rings. The molecule has 0 saturated carbocycles. The summed E-state index contributed by atoms with van der Waals surface area (Å²) in [4.78, 5) is 23.1. The number of carbonyl (C=O) groups excluding carboxylic acids is 2. The second-order valence-electron chi connectivity index (χ2n) is 5.40. The number of rotatable bonds is 7. The standard InChI is InChI=1S/C20H21NO6/c1-13(22)27-16-8-5-14(6-9-16)7-10-19(23)21-15-11-17(24-2)20(26-4)18(12-15)25-3/h5-12H,1-4H3,(H,21,23)/b10-7+. The van der Waals surface area contributed by atoms with Gasteiger partial charge >= 0.3 is 5.97 Å². The lowest BCUT2D eigenvalue weighted by molar-refractivity contribution is -0.131. The molecular formula is C20H21NO6. The van der Waals surface area contributed by atoms with E-state index in [9.17, 15) is 9.59 Å². The van der Waals surface area contributed by atoms with Crippen molar-refractivity contribution in [3.05, 3.63) is 48.0 Å². The van der Waals surface area contributed by atoms with Crippen LogP contribution in [-0.2, 0) is 9.59 Å². The molecule has 0 fully saturated rings. The van der Waals surface area contributed by atoms with Crippen LogP contribution in [-0.4, -0.2) is 33.2 Å². The van der Waals surface area contributed by atoms with Gasteiger partial charge in [0.15, 0.2) is 11.5 Å². The zero-order valence-corrected chi connectivity index (χ0v) is 15.6. The van der Waals surface area contributed by atoms with Gasteiger partial charge in [-0.2, -0.15) is 0 Å². The van der Waals surface area contributed by atoms with E-state index >= 15 is 0 Å². The highest BCUT2D eigenvalue weighted by Crippen LogP contribution is 2.39. The SMILES string of the molecule is COc1cc(NC(=O)/C=C/c2ccc(OC(C)=O)cc2)cc(OC)c1OC. The Bertz CT molecular complexity index is 817. The number of hydrogen-bond donors (Lipinski definition) is 1. The topological polar surface area (TPSA) is 83.1 Å². The monoisotopic (exact) mass is 371 g/mol. The van der Waals surface area contributed by atoms with E-state index in [-0.39, 0.29) is 11.9 Å². The van der Waals surface area contributed by atoms with Crippen LogP contribution < -0.4 is 24.3 Å². The third-order valence-corrected chi connectivity index (χ3v) is 3.50. The summed E-state index contributed by atoms with van der Waals surface area (Å²) in [7, 11) is 4.51. The summed E-state index contributed by atoms with van der Waals surface area (Å²) in [5, 5.41) is 2.74. The van der Waals surface area contributed by atoms with Crippen molar-refractivity contribution in [3.63, 3.8) is 0 Å². The van der Waals surface area contributed by atoms with E-state index in [1.54, 1.807) is 42.5 Å². The molecule has 2 aromatic rings. The Balaban J connectivity index is 2.08. The average Bonchev–Trinajstić information content (AvgIpc) is 2.66. The van der Waals surface area contributed by atoms with Crippen LogP contribution in [0.1, 0.15) is 12.5 Å². The van der Waals surface area contributed by atoms with E-state index in [2.05, 4.69) is 5.32 Å². The largest absolute Gasteiger partial charge is 0.493 e. The maximum Gasteiger partial charge on any atom is 0.308 e. The molecule has 7 nitrogen and oxygen atoms in total. The molecule has 1 amide bonds. The predicted octanol–water partition coefficient (Wildman–Crippen LogP) is 3.29. The first-order chi connectivity index (χ1) is 13.0. The van der Waals surface area contributed by atoms with Crippen LogP contribution in [0.2, 0.25) is 0 Å². The molecule has 7 heteroatoms. The zero-order chi connectivity index (χ0) is 19.8. The van der Waals surface area contributed by atoms with Gasteiger partial charge in [0.2, 0.25) is 11.7 Å². The minimum Gasteiger partial charge on any atom is -0.493 e. The van der Waals surface area contributed by atoms with Gasteiger partial charge in [-0.1, -0.05) is 12.1 Å². The van der Waals surface area contributed by atoms with Crippen LogP contribution in [0.3, 0.4) is 0 Å². The Morgan fingerprint density at radius 2 is 1.52 bits per heavy atom. The molecule has 0 aromatic heterocycles. The first kappa shape index (κ1) is 19.8. The molecular weight excluding hydrogens is 350 g/mol. The molecule has 2 aromatic carbocycles. The summed E-state index contributed by atoms with van der Waals surface area (Å²) in [6, 6.07) is 10.1. The molecule has 1 N–H and O–H groups in total. The van der Waals surface area contributed by atoms with Crippen molar-refractivity contribution in [3.8, 4) is 23.0 Å². The Morgan fingerprint density at radius 3 is 2.00 bits per heavy atom. The average molecular weight is 371 g/mol. The van der Waals surface area contributed by atoms with Gasteiger partial charge in [-0.25, -0.2) is 0 Å². The Kier molecular flexibility index (Phi) is 6.82. The minimum atomic E-state index is -0.386. The smallest absolute Gasteiger partial charge is 0.308 e. The molecule has 0 heterocycles. The second-order valence-corrected chi connectivity index (χ2v) is 5.40. The van der Waals surface area contributed by atoms with Crippen molar-refractivity contribution >= 4 is 23.6 Å². The van der Waals surface area contributed by atoms with Crippen LogP contribution in [0.5, 0.6) is 23.0 Å². The van der Waals surface area contributed by atoms with Gasteiger partial charge in [-0.15, -0.1) is 0 Å². The number of benzene rings is 2. The third kappa shape index (κ3) is 5.50. The molecule has 0 aliphatic heterocycles. The lowest BCUT2D eigenvalue weighted by Gasteiger charge is -2.14. The van der Waals surface area contributed by atoms with Crippen LogP contribution in [0, 0.1) is 0 Å². The number of methoxy groups -OCH3 is 3. The molecule has 2 rings (SSSR count). The minimum absolute atomic E-state index is 0.326. The predicted molar refractivity (Wildman–Crippen MR) is 102 cm³/mol. The first-order valence-corrected chi connectivity index (χ1v) is 8.04. The number of anilines is 1. The number of amides is 1. The molecule has 0 saturated heterocycles. The van der Waals surface area contributed by atoms with Crippen molar-refractivity contribution < 1.29 is 28.5 Å². The van der Waals surface area contributed by atoms with E-state index in [0.717, 1.165) is 5.56 Å². The highest BCUT2D eigenvalue weighted by atomic mass is 16.5. The first-order valence-electron chi connectivity index (χ1n) is 8.04. The van der Waals surface area contributed by atoms with Gasteiger partial charge in [0.1, 0.15) is 5.75 Å². The van der Waals surface area contributed by atoms with Crippen LogP contribution in [0.4, 0.5) is 5.69 Å². The molecule has 0 radical (unpaired) electrons. The van der Waals surface area contributed by atoms with Gasteiger partial charge < -0.3 is 24.3 Å². The molecule has 0 bridgehead atoms. The van der Waals surface area contributed by atoms with Crippen molar-refractivity contribution in [2.75, 3.05) is 26.6 Å². The normalized spacial score (nSPS) is 10.4. The summed E-state index contributed by atoms with van der Waals surface area (Å²) < 4.78 is 20.7. The lowest BCUT2D eigenvalue weighted by Crippen LogP contribution is -2.08. The summed E-state index contributed by atoms with van der Waals surface area (Å²) in [5.74, 6) is 1.06. The van der Waals surface area contributed by atoms with E-state index in [1.165, 1.54) is 34.3 Å². The molecule has 0 atom stereocenters. The summed E-state index contributed by atoms with van der Waals surface area (Å²) >= 11 is 0. The van der Waals surface area contributed by atoms with E-state index in [0.29, 0.717) is 28.7 Å². The van der Waals surface area contributed by atoms with Crippen LogP contribution in [0.15, 0.2) is 42.5 Å². The maximum absolute atomic E-state index is 12.2. The van der Waals surface area contributed by atoms with Crippen molar-refractivity contribution in [2.24, 2.45) is 0 Å². The van der Waals surface area contributed by atoms with Gasteiger partial charge in [-0.3, -0.25) is 9.59 Å². The fourth-order valence-electron chi connectivity index (χ4n) is 2.32. The Hall–Kier alpha value is -3.48. The summed E-state index contributed by atoms with van der Waals surface area (Å²) in [5.41, 5.74) is 1.29. The van der Waals surface area contributed by atoms with Gasteiger partial charge in [0.05, 0.1) is 21.3 Å². The molecule has 142 valence electrons. The van der Waals surface area contributed by atoms with Gasteiger partial charge in [-0.05, 0) is 23.8 Å². The molecule has 27 heavy (non-hydrogen) atoms. The fourth-order valence-corrected chi connectivity index (χ4v) is 2.32. The van der Waals surface area contributed by atoms with Gasteiger partial charge in [0.25, 0.3) is 0 Å². The number of nitrogens with one attached hydrogen (secondary N) is 1. The Labute approximate surface area is 157 Å². The summed E-state index contributed by atoms with van der Waals surface area (Å²) in [6.45, 7) is 1.33. The molecule has 0 spiro atoms. The van der Waals surface area contributed by atoms with E-state index in [1.807, 2.05) is 0 Å². The summed E-state index contributed by atoms with van der Waals surface area (Å²) in [6.07, 6.45) is 3.04. The molecule has 0 unspecified atom stereocenters. The number of esters is 1. The second kappa shape index (κ2) is 9.28. The third-order valence-electron chi connectivity index (χ3n) is 3.50. The van der Waals surface area contributed by atoms with Crippen molar-refractivity contribution in [1.29, 1.82) is 0 Å². The van der Waals surface area contributed by atoms with Crippen LogP contribution in [0.25, 0.3) is 6.08 Å². The van der Waals surface area contributed by atoms with Gasteiger partial charge in [0, 0.05) is 30.8 Å². The van der Waals surface area contributed by atoms with E-state index < -0.39 is 0 Å². The lowest BCUT2D eigenvalue weighted by atomic mass is 10.2. The van der Waals surface area contributed by atoms with Crippen molar-refractivity contribution in [1.82, 2.24) is 0 Å². The molecule has 0 aliphatic carbocycles. The highest BCUT2D eigenvalue weighted by Gasteiger charge is 2.13. The fraction of sp³-hybridized carbons (Fsp3) is 0.200.